The quantitative estimate of drug-likeness (QED) is 0.713. The highest BCUT2D eigenvalue weighted by Crippen LogP contribution is 2.24. The van der Waals surface area contributed by atoms with Crippen LogP contribution in [0.4, 0.5) is 0 Å². The zero-order valence-electron chi connectivity index (χ0n) is 11.8. The smallest absolute Gasteiger partial charge is 0.0630 e. The molecule has 0 atom stereocenters. The minimum Gasteiger partial charge on any atom is -0.372 e. The van der Waals surface area contributed by atoms with Crippen molar-refractivity contribution >= 4 is 0 Å². The SMILES string of the molecule is CCCC(C)(C)OC1CCN(C(C)C)CC1. The maximum absolute atomic E-state index is 6.22. The van der Waals surface area contributed by atoms with Crippen molar-refractivity contribution < 1.29 is 4.74 Å². The van der Waals surface area contributed by atoms with Gasteiger partial charge in [0, 0.05) is 19.1 Å². The first-order chi connectivity index (χ1) is 7.44. The Bertz CT molecular complexity index is 193. The lowest BCUT2D eigenvalue weighted by atomic mass is 10.0. The second-order valence-corrected chi connectivity index (χ2v) is 5.96. The van der Waals surface area contributed by atoms with Crippen molar-refractivity contribution in [2.75, 3.05) is 13.1 Å². The molecule has 1 rings (SSSR count). The molecule has 0 radical (unpaired) electrons. The Balaban J connectivity index is 2.31. The van der Waals surface area contributed by atoms with Crippen LogP contribution in [-0.2, 0) is 4.74 Å². The molecule has 0 aromatic heterocycles. The Morgan fingerprint density at radius 1 is 1.25 bits per heavy atom. The molecule has 0 saturated carbocycles. The molecule has 0 spiro atoms. The molecule has 1 aliphatic heterocycles. The molecule has 1 aliphatic rings. The van der Waals surface area contributed by atoms with Crippen molar-refractivity contribution in [2.45, 2.75) is 78.0 Å². The van der Waals surface area contributed by atoms with E-state index >= 15 is 0 Å². The Morgan fingerprint density at radius 3 is 2.25 bits per heavy atom. The van der Waals surface area contributed by atoms with Gasteiger partial charge in [0.2, 0.25) is 0 Å². The van der Waals surface area contributed by atoms with E-state index < -0.39 is 0 Å². The molecule has 0 unspecified atom stereocenters. The molecule has 1 saturated heterocycles. The van der Waals surface area contributed by atoms with E-state index in [1.165, 1.54) is 32.4 Å². The molecular formula is C14H29NO. The first-order valence-electron chi connectivity index (χ1n) is 6.86. The van der Waals surface area contributed by atoms with Crippen molar-refractivity contribution in [3.05, 3.63) is 0 Å². The molecular weight excluding hydrogens is 198 g/mol. The standard InChI is InChI=1S/C14H29NO/c1-6-9-14(4,5)16-13-7-10-15(11-8-13)12(2)3/h12-13H,6-11H2,1-5H3. The average molecular weight is 227 g/mol. The second-order valence-electron chi connectivity index (χ2n) is 5.96. The van der Waals surface area contributed by atoms with Gasteiger partial charge in [-0.3, -0.25) is 0 Å². The zero-order chi connectivity index (χ0) is 12.2. The Kier molecular flexibility index (Phi) is 5.26. The van der Waals surface area contributed by atoms with Crippen LogP contribution in [0.25, 0.3) is 0 Å². The maximum Gasteiger partial charge on any atom is 0.0630 e. The lowest BCUT2D eigenvalue weighted by Crippen LogP contribution is -2.43. The van der Waals surface area contributed by atoms with Crippen LogP contribution in [0.5, 0.6) is 0 Å². The fraction of sp³-hybridized carbons (Fsp3) is 1.00. The molecule has 2 heteroatoms. The van der Waals surface area contributed by atoms with E-state index in [9.17, 15) is 0 Å². The fourth-order valence-electron chi connectivity index (χ4n) is 2.62. The summed E-state index contributed by atoms with van der Waals surface area (Å²) in [5, 5.41) is 0. The highest BCUT2D eigenvalue weighted by molar-refractivity contribution is 4.78. The van der Waals surface area contributed by atoms with Crippen LogP contribution in [0, 0.1) is 0 Å². The number of piperidine rings is 1. The van der Waals surface area contributed by atoms with E-state index in [1.807, 2.05) is 0 Å². The van der Waals surface area contributed by atoms with Gasteiger partial charge in [-0.15, -0.1) is 0 Å². The van der Waals surface area contributed by atoms with Crippen molar-refractivity contribution in [2.24, 2.45) is 0 Å². The number of hydrogen-bond acceptors (Lipinski definition) is 2. The van der Waals surface area contributed by atoms with Crippen molar-refractivity contribution in [3.63, 3.8) is 0 Å². The molecule has 0 aromatic carbocycles. The van der Waals surface area contributed by atoms with Gasteiger partial charge in [-0.25, -0.2) is 0 Å². The van der Waals surface area contributed by atoms with Gasteiger partial charge in [0.1, 0.15) is 0 Å². The minimum absolute atomic E-state index is 0.0689. The van der Waals surface area contributed by atoms with Crippen LogP contribution >= 0.6 is 0 Å². The molecule has 0 aliphatic carbocycles. The van der Waals surface area contributed by atoms with E-state index in [4.69, 9.17) is 4.74 Å². The van der Waals surface area contributed by atoms with Crippen LogP contribution in [0.1, 0.15) is 60.3 Å². The summed E-state index contributed by atoms with van der Waals surface area (Å²) in [6, 6.07) is 0.685. The molecule has 16 heavy (non-hydrogen) atoms. The molecule has 96 valence electrons. The van der Waals surface area contributed by atoms with Crippen LogP contribution in [-0.4, -0.2) is 35.7 Å². The van der Waals surface area contributed by atoms with Gasteiger partial charge in [0.15, 0.2) is 0 Å². The minimum atomic E-state index is 0.0689. The zero-order valence-corrected chi connectivity index (χ0v) is 11.8. The molecule has 0 N–H and O–H groups in total. The number of nitrogens with zero attached hydrogens (tertiary/aromatic N) is 1. The predicted molar refractivity (Wildman–Crippen MR) is 69.8 cm³/mol. The summed E-state index contributed by atoms with van der Waals surface area (Å²) in [6.45, 7) is 13.6. The number of ether oxygens (including phenoxy) is 1. The van der Waals surface area contributed by atoms with Crippen LogP contribution in [0.15, 0.2) is 0 Å². The molecule has 2 nitrogen and oxygen atoms in total. The predicted octanol–water partition coefficient (Wildman–Crippen LogP) is 3.45. The van der Waals surface area contributed by atoms with Gasteiger partial charge in [-0.05, 0) is 47.0 Å². The van der Waals surface area contributed by atoms with Gasteiger partial charge in [0.25, 0.3) is 0 Å². The van der Waals surface area contributed by atoms with E-state index in [0.717, 1.165) is 6.42 Å². The summed E-state index contributed by atoms with van der Waals surface area (Å²) >= 11 is 0. The Morgan fingerprint density at radius 2 is 1.81 bits per heavy atom. The Hall–Kier alpha value is -0.0800. The highest BCUT2D eigenvalue weighted by atomic mass is 16.5. The first kappa shape index (κ1) is 14.0. The van der Waals surface area contributed by atoms with E-state index in [-0.39, 0.29) is 5.60 Å². The summed E-state index contributed by atoms with van der Waals surface area (Å²) < 4.78 is 6.22. The Labute approximate surface area is 101 Å². The van der Waals surface area contributed by atoms with Crippen molar-refractivity contribution in [1.29, 1.82) is 0 Å². The first-order valence-corrected chi connectivity index (χ1v) is 6.86. The second kappa shape index (κ2) is 6.02. The van der Waals surface area contributed by atoms with Gasteiger partial charge in [-0.2, -0.15) is 0 Å². The van der Waals surface area contributed by atoms with Crippen LogP contribution in [0.2, 0.25) is 0 Å². The summed E-state index contributed by atoms with van der Waals surface area (Å²) in [5.74, 6) is 0. The number of hydrogen-bond donors (Lipinski definition) is 0. The maximum atomic E-state index is 6.22. The highest BCUT2D eigenvalue weighted by Gasteiger charge is 2.27. The lowest BCUT2D eigenvalue weighted by molar-refractivity contribution is -0.0980. The number of rotatable bonds is 5. The van der Waals surface area contributed by atoms with Crippen molar-refractivity contribution in [3.8, 4) is 0 Å². The van der Waals surface area contributed by atoms with Crippen LogP contribution in [0.3, 0.4) is 0 Å². The molecule has 0 aromatic rings. The monoisotopic (exact) mass is 227 g/mol. The topological polar surface area (TPSA) is 12.5 Å². The largest absolute Gasteiger partial charge is 0.372 e. The summed E-state index contributed by atoms with van der Waals surface area (Å²) in [6.07, 6.45) is 5.25. The van der Waals surface area contributed by atoms with Gasteiger partial charge in [-0.1, -0.05) is 13.3 Å². The normalized spacial score (nSPS) is 20.6. The lowest BCUT2D eigenvalue weighted by Gasteiger charge is -2.38. The van der Waals surface area contributed by atoms with Crippen molar-refractivity contribution in [1.82, 2.24) is 4.90 Å². The molecule has 0 bridgehead atoms. The third-order valence-corrected chi connectivity index (χ3v) is 3.54. The van der Waals surface area contributed by atoms with Gasteiger partial charge in [0.05, 0.1) is 11.7 Å². The average Bonchev–Trinajstić information content (AvgIpc) is 2.17. The van der Waals surface area contributed by atoms with E-state index in [1.54, 1.807) is 0 Å². The summed E-state index contributed by atoms with van der Waals surface area (Å²) in [5.41, 5.74) is 0.0689. The fourth-order valence-corrected chi connectivity index (χ4v) is 2.62. The van der Waals surface area contributed by atoms with Crippen LogP contribution < -0.4 is 0 Å². The van der Waals surface area contributed by atoms with Gasteiger partial charge >= 0.3 is 0 Å². The van der Waals surface area contributed by atoms with Gasteiger partial charge < -0.3 is 9.64 Å². The van der Waals surface area contributed by atoms with E-state index in [0.29, 0.717) is 12.1 Å². The molecule has 0 amide bonds. The third kappa shape index (κ3) is 4.42. The van der Waals surface area contributed by atoms with E-state index in [2.05, 4.69) is 39.5 Å². The summed E-state index contributed by atoms with van der Waals surface area (Å²) in [4.78, 5) is 2.55. The molecule has 1 heterocycles. The summed E-state index contributed by atoms with van der Waals surface area (Å²) in [7, 11) is 0. The third-order valence-electron chi connectivity index (χ3n) is 3.54. The number of likely N-dealkylation sites (tertiary alicyclic amines) is 1. The molecule has 1 fully saturated rings.